The highest BCUT2D eigenvalue weighted by molar-refractivity contribution is 9.10. The lowest BCUT2D eigenvalue weighted by atomic mass is 10.1. The van der Waals surface area contributed by atoms with Gasteiger partial charge in [0.15, 0.2) is 11.5 Å². The first-order valence-corrected chi connectivity index (χ1v) is 11.5. The van der Waals surface area contributed by atoms with Crippen molar-refractivity contribution < 1.29 is 19.0 Å². The van der Waals surface area contributed by atoms with E-state index in [0.717, 1.165) is 10.0 Å². The molecule has 0 aliphatic carbocycles. The van der Waals surface area contributed by atoms with E-state index in [9.17, 15) is 10.1 Å². The minimum Gasteiger partial charge on any atom is -0.490 e. The average molecular weight is 531 g/mol. The summed E-state index contributed by atoms with van der Waals surface area (Å²) in [5.74, 6) is 3.51. The summed E-state index contributed by atoms with van der Waals surface area (Å²) in [6.07, 6.45) is 6.73. The van der Waals surface area contributed by atoms with Gasteiger partial charge in [-0.15, -0.1) is 6.42 Å². The molecule has 1 N–H and O–H groups in total. The van der Waals surface area contributed by atoms with Crippen molar-refractivity contribution in [1.29, 1.82) is 5.26 Å². The lowest BCUT2D eigenvalue weighted by molar-refractivity contribution is -0.112. The second kappa shape index (κ2) is 12.9. The Morgan fingerprint density at radius 2 is 1.77 bits per heavy atom. The number of benzene rings is 3. The number of nitriles is 1. The van der Waals surface area contributed by atoms with Crippen LogP contribution in [0.4, 0.5) is 5.69 Å². The summed E-state index contributed by atoms with van der Waals surface area (Å²) >= 11 is 3.41. The highest BCUT2D eigenvalue weighted by Gasteiger charge is 2.12. The van der Waals surface area contributed by atoms with Crippen LogP contribution in [0.15, 0.2) is 76.8 Å². The minimum atomic E-state index is -0.526. The molecule has 3 aromatic rings. The Labute approximate surface area is 213 Å². The van der Waals surface area contributed by atoms with Gasteiger partial charge in [-0.2, -0.15) is 5.26 Å². The first-order chi connectivity index (χ1) is 17.0. The molecule has 6 nitrogen and oxygen atoms in total. The standard InChI is InChI=1S/C28H23BrN2O4/c1-3-15-34-26-14-7-21(17-27(26)33-4-2)16-22(18-30)28(32)31-24-10-12-25(13-11-24)35-19-20-5-8-23(29)9-6-20/h1,5-14,16-17H,4,15,19H2,2H3,(H,31,32)/b22-16+. The molecule has 0 unspecified atom stereocenters. The van der Waals surface area contributed by atoms with Crippen molar-refractivity contribution in [3.8, 4) is 35.7 Å². The monoisotopic (exact) mass is 530 g/mol. The molecule has 0 aliphatic heterocycles. The second-order valence-corrected chi connectivity index (χ2v) is 8.11. The van der Waals surface area contributed by atoms with Crippen LogP contribution < -0.4 is 19.5 Å². The molecule has 0 heterocycles. The third-order valence-electron chi connectivity index (χ3n) is 4.69. The van der Waals surface area contributed by atoms with Crippen LogP contribution in [0.5, 0.6) is 17.2 Å². The fraction of sp³-hybridized carbons (Fsp3) is 0.143. The van der Waals surface area contributed by atoms with Crippen LogP contribution in [0.25, 0.3) is 6.08 Å². The molecule has 1 amide bonds. The number of nitrogens with zero attached hydrogens (tertiary/aromatic N) is 1. The fourth-order valence-electron chi connectivity index (χ4n) is 3.02. The fourth-order valence-corrected chi connectivity index (χ4v) is 3.28. The number of hydrogen-bond donors (Lipinski definition) is 1. The van der Waals surface area contributed by atoms with Crippen molar-refractivity contribution in [2.45, 2.75) is 13.5 Å². The summed E-state index contributed by atoms with van der Waals surface area (Å²) in [5.41, 5.74) is 2.14. The lowest BCUT2D eigenvalue weighted by Crippen LogP contribution is -2.13. The van der Waals surface area contributed by atoms with E-state index in [1.165, 1.54) is 6.08 Å². The van der Waals surface area contributed by atoms with E-state index in [4.69, 9.17) is 20.6 Å². The topological polar surface area (TPSA) is 80.6 Å². The second-order valence-electron chi connectivity index (χ2n) is 7.20. The third-order valence-corrected chi connectivity index (χ3v) is 5.21. The Morgan fingerprint density at radius 3 is 2.43 bits per heavy atom. The summed E-state index contributed by atoms with van der Waals surface area (Å²) in [7, 11) is 0. The Kier molecular flexibility index (Phi) is 9.36. The Hall–Kier alpha value is -4.20. The van der Waals surface area contributed by atoms with Gasteiger partial charge in [0.25, 0.3) is 5.91 Å². The molecule has 0 saturated heterocycles. The maximum absolute atomic E-state index is 12.7. The number of carbonyl (C=O) groups excluding carboxylic acids is 1. The lowest BCUT2D eigenvalue weighted by Gasteiger charge is -2.11. The molecule has 0 atom stereocenters. The Balaban J connectivity index is 1.65. The van der Waals surface area contributed by atoms with Gasteiger partial charge in [-0.25, -0.2) is 0 Å². The number of carbonyl (C=O) groups is 1. The number of rotatable bonds is 10. The number of ether oxygens (including phenoxy) is 3. The number of terminal acetylenes is 1. The van der Waals surface area contributed by atoms with E-state index in [1.807, 2.05) is 37.3 Å². The van der Waals surface area contributed by atoms with Crippen LogP contribution >= 0.6 is 15.9 Å². The SMILES string of the molecule is C#CCOc1ccc(/C=C(\C#N)C(=O)Nc2ccc(OCc3ccc(Br)cc3)cc2)cc1OCC. The van der Waals surface area contributed by atoms with Crippen LogP contribution in [0.2, 0.25) is 0 Å². The summed E-state index contributed by atoms with van der Waals surface area (Å²) < 4.78 is 17.8. The molecule has 0 aliphatic rings. The smallest absolute Gasteiger partial charge is 0.266 e. The van der Waals surface area contributed by atoms with Crippen molar-refractivity contribution in [2.24, 2.45) is 0 Å². The van der Waals surface area contributed by atoms with Crippen molar-refractivity contribution >= 4 is 33.6 Å². The van der Waals surface area contributed by atoms with Crippen LogP contribution in [0.3, 0.4) is 0 Å². The molecule has 0 fully saturated rings. The van der Waals surface area contributed by atoms with Gasteiger partial charge < -0.3 is 19.5 Å². The zero-order valence-corrected chi connectivity index (χ0v) is 20.7. The number of amides is 1. The zero-order valence-electron chi connectivity index (χ0n) is 19.1. The Morgan fingerprint density at radius 1 is 1.03 bits per heavy atom. The van der Waals surface area contributed by atoms with Crippen molar-refractivity contribution in [3.63, 3.8) is 0 Å². The molecule has 0 aromatic heterocycles. The van der Waals surface area contributed by atoms with E-state index in [1.54, 1.807) is 42.5 Å². The maximum Gasteiger partial charge on any atom is 0.266 e. The van der Waals surface area contributed by atoms with Crippen molar-refractivity contribution in [2.75, 3.05) is 18.5 Å². The average Bonchev–Trinajstić information content (AvgIpc) is 2.87. The highest BCUT2D eigenvalue weighted by atomic mass is 79.9. The molecule has 0 spiro atoms. The van der Waals surface area contributed by atoms with Crippen molar-refractivity contribution in [1.82, 2.24) is 0 Å². The maximum atomic E-state index is 12.7. The molecule has 35 heavy (non-hydrogen) atoms. The Bertz CT molecular complexity index is 1270. The highest BCUT2D eigenvalue weighted by Crippen LogP contribution is 2.29. The summed E-state index contributed by atoms with van der Waals surface area (Å²) in [4.78, 5) is 12.7. The number of hydrogen-bond acceptors (Lipinski definition) is 5. The van der Waals surface area contributed by atoms with Gasteiger partial charge in [-0.05, 0) is 72.7 Å². The van der Waals surface area contributed by atoms with E-state index in [-0.39, 0.29) is 12.2 Å². The van der Waals surface area contributed by atoms with E-state index < -0.39 is 5.91 Å². The van der Waals surface area contributed by atoms with Gasteiger partial charge in [0.1, 0.15) is 30.6 Å². The van der Waals surface area contributed by atoms with E-state index in [2.05, 4.69) is 27.2 Å². The van der Waals surface area contributed by atoms with Gasteiger partial charge in [0.2, 0.25) is 0 Å². The number of anilines is 1. The molecule has 3 aromatic carbocycles. The first kappa shape index (κ1) is 25.4. The van der Waals surface area contributed by atoms with E-state index in [0.29, 0.717) is 41.7 Å². The normalized spacial score (nSPS) is 10.6. The van der Waals surface area contributed by atoms with Gasteiger partial charge in [-0.1, -0.05) is 40.0 Å². The van der Waals surface area contributed by atoms with Gasteiger partial charge >= 0.3 is 0 Å². The zero-order chi connectivity index (χ0) is 25.0. The predicted molar refractivity (Wildman–Crippen MR) is 139 cm³/mol. The number of nitrogens with one attached hydrogen (secondary N) is 1. The third kappa shape index (κ3) is 7.67. The minimum absolute atomic E-state index is 0.0553. The molecule has 176 valence electrons. The molecule has 0 saturated carbocycles. The van der Waals surface area contributed by atoms with Crippen LogP contribution in [0, 0.1) is 23.7 Å². The largest absolute Gasteiger partial charge is 0.490 e. The molecular weight excluding hydrogens is 508 g/mol. The molecule has 0 radical (unpaired) electrons. The quantitative estimate of drug-likeness (QED) is 0.198. The summed E-state index contributed by atoms with van der Waals surface area (Å²) in [6, 6.07) is 21.9. The van der Waals surface area contributed by atoms with Crippen LogP contribution in [0.1, 0.15) is 18.1 Å². The molecule has 3 rings (SSSR count). The van der Waals surface area contributed by atoms with Gasteiger partial charge in [-0.3, -0.25) is 4.79 Å². The van der Waals surface area contributed by atoms with Gasteiger partial charge in [0, 0.05) is 10.2 Å². The summed E-state index contributed by atoms with van der Waals surface area (Å²) in [6.45, 7) is 2.80. The first-order valence-electron chi connectivity index (χ1n) is 10.8. The predicted octanol–water partition coefficient (Wildman–Crippen LogP) is 5.98. The van der Waals surface area contributed by atoms with Crippen LogP contribution in [-0.4, -0.2) is 19.1 Å². The molecular formula is C28H23BrN2O4. The summed E-state index contributed by atoms with van der Waals surface area (Å²) in [5, 5.41) is 12.3. The van der Waals surface area contributed by atoms with E-state index >= 15 is 0 Å². The molecule has 7 heteroatoms. The molecule has 0 bridgehead atoms. The van der Waals surface area contributed by atoms with Crippen LogP contribution in [-0.2, 0) is 11.4 Å². The number of halogens is 1. The van der Waals surface area contributed by atoms with Crippen molar-refractivity contribution in [3.05, 3.63) is 87.9 Å². The van der Waals surface area contributed by atoms with Gasteiger partial charge in [0.05, 0.1) is 6.61 Å².